The van der Waals surface area contributed by atoms with Crippen LogP contribution in [0.3, 0.4) is 0 Å². The molecule has 1 atom stereocenters. The number of nitro groups is 1. The molecule has 0 bridgehead atoms. The summed E-state index contributed by atoms with van der Waals surface area (Å²) in [6.45, 7) is 1.21. The highest BCUT2D eigenvalue weighted by molar-refractivity contribution is 5.85. The molecule has 0 spiro atoms. The van der Waals surface area contributed by atoms with Crippen LogP contribution in [-0.2, 0) is 4.74 Å². The Morgan fingerprint density at radius 1 is 1.42 bits per heavy atom. The third kappa shape index (κ3) is 3.62. The van der Waals surface area contributed by atoms with Gasteiger partial charge >= 0.3 is 0 Å². The molecule has 0 aromatic heterocycles. The first-order valence-electron chi connectivity index (χ1n) is 5.86. The highest BCUT2D eigenvalue weighted by atomic mass is 35.5. The van der Waals surface area contributed by atoms with Crippen molar-refractivity contribution >= 4 is 18.1 Å². The molecule has 1 aromatic rings. The zero-order chi connectivity index (χ0) is 13.1. The van der Waals surface area contributed by atoms with Crippen LogP contribution in [0.25, 0.3) is 0 Å². The van der Waals surface area contributed by atoms with E-state index in [1.807, 2.05) is 0 Å². The van der Waals surface area contributed by atoms with E-state index in [0.29, 0.717) is 13.2 Å². The van der Waals surface area contributed by atoms with Gasteiger partial charge in [0.15, 0.2) is 0 Å². The van der Waals surface area contributed by atoms with Crippen LogP contribution in [0.5, 0.6) is 0 Å². The van der Waals surface area contributed by atoms with Gasteiger partial charge in [0.25, 0.3) is 5.69 Å². The van der Waals surface area contributed by atoms with Crippen molar-refractivity contribution in [2.45, 2.75) is 18.9 Å². The summed E-state index contributed by atoms with van der Waals surface area (Å²) >= 11 is 0. The lowest BCUT2D eigenvalue weighted by molar-refractivity contribution is -0.385. The molecule has 0 unspecified atom stereocenters. The maximum Gasteiger partial charge on any atom is 0.269 e. The van der Waals surface area contributed by atoms with Crippen molar-refractivity contribution < 1.29 is 14.1 Å². The fraction of sp³-hybridized carbons (Fsp3) is 0.500. The molecule has 1 heterocycles. The molecule has 1 aromatic carbocycles. The molecule has 0 aliphatic carbocycles. The molecule has 0 amide bonds. The number of hydrogen-bond donors (Lipinski definition) is 1. The van der Waals surface area contributed by atoms with Crippen molar-refractivity contribution in [3.63, 3.8) is 0 Å². The van der Waals surface area contributed by atoms with Gasteiger partial charge in [-0.05, 0) is 24.8 Å². The minimum Gasteiger partial charge on any atom is -0.381 e. The Kier molecular flexibility index (Phi) is 5.65. The summed E-state index contributed by atoms with van der Waals surface area (Å²) in [5.74, 6) is -0.380. The van der Waals surface area contributed by atoms with Gasteiger partial charge in [-0.25, -0.2) is 4.39 Å². The van der Waals surface area contributed by atoms with E-state index in [1.54, 1.807) is 0 Å². The first kappa shape index (κ1) is 15.8. The molecule has 1 saturated heterocycles. The molecule has 0 saturated carbocycles. The molecule has 106 valence electrons. The van der Waals surface area contributed by atoms with E-state index in [4.69, 9.17) is 10.5 Å². The standard InChI is InChI=1S/C12H15FN2O3.ClH/c13-11-2-1-9(15(16)17)7-10(11)12(14)8-3-5-18-6-4-8;/h1-2,7-8,12H,3-6,14H2;1H/t12-;/m1./s1. The Hall–Kier alpha value is -1.24. The number of hydrogen-bond acceptors (Lipinski definition) is 4. The summed E-state index contributed by atoms with van der Waals surface area (Å²) in [6.07, 6.45) is 1.51. The van der Waals surface area contributed by atoms with E-state index < -0.39 is 16.8 Å². The number of halogens is 2. The molecular weight excluding hydrogens is 275 g/mol. The van der Waals surface area contributed by atoms with Crippen LogP contribution in [0.15, 0.2) is 18.2 Å². The summed E-state index contributed by atoms with van der Waals surface area (Å²) in [5.41, 5.74) is 6.11. The summed E-state index contributed by atoms with van der Waals surface area (Å²) in [7, 11) is 0. The second-order valence-corrected chi connectivity index (χ2v) is 4.44. The number of rotatable bonds is 3. The Bertz CT molecular complexity index is 453. The van der Waals surface area contributed by atoms with Crippen LogP contribution in [0.2, 0.25) is 0 Å². The Balaban J connectivity index is 0.00000180. The van der Waals surface area contributed by atoms with Crippen LogP contribution in [-0.4, -0.2) is 18.1 Å². The number of nitrogens with two attached hydrogens (primary N) is 1. The van der Waals surface area contributed by atoms with E-state index in [2.05, 4.69) is 0 Å². The van der Waals surface area contributed by atoms with Crippen LogP contribution in [0.1, 0.15) is 24.4 Å². The topological polar surface area (TPSA) is 78.4 Å². The lowest BCUT2D eigenvalue weighted by Gasteiger charge is -2.27. The molecule has 2 N–H and O–H groups in total. The number of ether oxygens (including phenoxy) is 1. The lowest BCUT2D eigenvalue weighted by atomic mass is 9.87. The normalized spacial score (nSPS) is 17.6. The van der Waals surface area contributed by atoms with E-state index in [0.717, 1.165) is 25.0 Å². The molecule has 1 aliphatic rings. The largest absolute Gasteiger partial charge is 0.381 e. The van der Waals surface area contributed by atoms with Gasteiger partial charge in [-0.2, -0.15) is 0 Å². The van der Waals surface area contributed by atoms with Gasteiger partial charge in [0, 0.05) is 37.0 Å². The van der Waals surface area contributed by atoms with E-state index in [1.165, 1.54) is 6.07 Å². The van der Waals surface area contributed by atoms with Crippen LogP contribution in [0, 0.1) is 21.8 Å². The molecule has 0 radical (unpaired) electrons. The molecule has 1 aliphatic heterocycles. The highest BCUT2D eigenvalue weighted by Crippen LogP contribution is 2.31. The minimum absolute atomic E-state index is 0. The smallest absolute Gasteiger partial charge is 0.269 e. The average molecular weight is 291 g/mol. The molecule has 2 rings (SSSR count). The van der Waals surface area contributed by atoms with Crippen molar-refractivity contribution in [1.82, 2.24) is 0 Å². The summed E-state index contributed by atoms with van der Waals surface area (Å²) in [5, 5.41) is 10.7. The SMILES string of the molecule is Cl.N[C@@H](c1cc([N+](=O)[O-])ccc1F)C1CCOCC1. The van der Waals surface area contributed by atoms with Crippen molar-refractivity contribution in [2.75, 3.05) is 13.2 Å². The van der Waals surface area contributed by atoms with Gasteiger partial charge in [0.1, 0.15) is 5.82 Å². The van der Waals surface area contributed by atoms with Gasteiger partial charge in [-0.3, -0.25) is 10.1 Å². The van der Waals surface area contributed by atoms with E-state index in [9.17, 15) is 14.5 Å². The van der Waals surface area contributed by atoms with Crippen molar-refractivity contribution in [1.29, 1.82) is 0 Å². The summed E-state index contributed by atoms with van der Waals surface area (Å²) < 4.78 is 18.9. The fourth-order valence-electron chi connectivity index (χ4n) is 2.23. The Morgan fingerprint density at radius 2 is 2.05 bits per heavy atom. The molecular formula is C12H16ClFN2O3. The number of nitro benzene ring substituents is 1. The maximum atomic E-state index is 13.7. The molecule has 1 fully saturated rings. The fourth-order valence-corrected chi connectivity index (χ4v) is 2.23. The number of non-ortho nitro benzene ring substituents is 1. The Morgan fingerprint density at radius 3 is 2.63 bits per heavy atom. The van der Waals surface area contributed by atoms with Crippen LogP contribution < -0.4 is 5.73 Å². The molecule has 5 nitrogen and oxygen atoms in total. The zero-order valence-electron chi connectivity index (χ0n) is 10.3. The minimum atomic E-state index is -0.542. The van der Waals surface area contributed by atoms with Crippen molar-refractivity contribution in [3.05, 3.63) is 39.7 Å². The van der Waals surface area contributed by atoms with Gasteiger partial charge in [0.2, 0.25) is 0 Å². The second kappa shape index (κ2) is 6.79. The van der Waals surface area contributed by atoms with Crippen molar-refractivity contribution in [2.24, 2.45) is 11.7 Å². The van der Waals surface area contributed by atoms with Crippen LogP contribution in [0.4, 0.5) is 10.1 Å². The summed E-state index contributed by atoms with van der Waals surface area (Å²) in [6, 6.07) is 2.96. The van der Waals surface area contributed by atoms with Gasteiger partial charge in [-0.1, -0.05) is 0 Å². The third-order valence-corrected chi connectivity index (χ3v) is 3.32. The quantitative estimate of drug-likeness (QED) is 0.685. The molecule has 19 heavy (non-hydrogen) atoms. The number of benzene rings is 1. The van der Waals surface area contributed by atoms with Crippen molar-refractivity contribution in [3.8, 4) is 0 Å². The second-order valence-electron chi connectivity index (χ2n) is 4.44. The lowest BCUT2D eigenvalue weighted by Crippen LogP contribution is -2.28. The van der Waals surface area contributed by atoms with E-state index >= 15 is 0 Å². The van der Waals surface area contributed by atoms with Gasteiger partial charge in [-0.15, -0.1) is 12.4 Å². The van der Waals surface area contributed by atoms with E-state index in [-0.39, 0.29) is 29.6 Å². The first-order chi connectivity index (χ1) is 8.59. The average Bonchev–Trinajstić information content (AvgIpc) is 2.39. The maximum absolute atomic E-state index is 13.7. The summed E-state index contributed by atoms with van der Waals surface area (Å²) in [4.78, 5) is 10.1. The monoisotopic (exact) mass is 290 g/mol. The van der Waals surface area contributed by atoms with Gasteiger partial charge in [0.05, 0.1) is 4.92 Å². The third-order valence-electron chi connectivity index (χ3n) is 3.32. The predicted octanol–water partition coefficient (Wildman–Crippen LogP) is 2.58. The van der Waals surface area contributed by atoms with Crippen LogP contribution >= 0.6 is 12.4 Å². The zero-order valence-corrected chi connectivity index (χ0v) is 11.1. The highest BCUT2D eigenvalue weighted by Gasteiger charge is 2.25. The predicted molar refractivity (Wildman–Crippen MR) is 70.8 cm³/mol. The van der Waals surface area contributed by atoms with Gasteiger partial charge < -0.3 is 10.5 Å². The molecule has 7 heteroatoms. The first-order valence-corrected chi connectivity index (χ1v) is 5.86. The number of nitrogens with zero attached hydrogens (tertiary/aromatic N) is 1. The Labute approximate surface area is 116 Å².